The number of nitrogens with zero attached hydrogens (tertiary/aromatic N) is 4. The molecule has 0 saturated heterocycles. The summed E-state index contributed by atoms with van der Waals surface area (Å²) >= 11 is 0. The Bertz CT molecular complexity index is 3750. The second kappa shape index (κ2) is 12.3. The number of fused-ring (bicyclic) bond motifs is 14. The number of halogens is 3. The summed E-state index contributed by atoms with van der Waals surface area (Å²) in [4.78, 5) is 0. The van der Waals surface area contributed by atoms with Gasteiger partial charge in [-0.25, -0.2) is 0 Å². The predicted octanol–water partition coefficient (Wildman–Crippen LogP) is 13.6. The summed E-state index contributed by atoms with van der Waals surface area (Å²) in [6, 6.07) is 46.6. The minimum absolute atomic E-state index is 0.145. The Labute approximate surface area is 338 Å². The summed E-state index contributed by atoms with van der Waals surface area (Å²) in [5.74, 6) is 0.779. The maximum absolute atomic E-state index is 15.4. The number of alkyl halides is 3. The van der Waals surface area contributed by atoms with Gasteiger partial charge in [0, 0.05) is 50.0 Å². The van der Waals surface area contributed by atoms with Gasteiger partial charge in [-0.05, 0) is 72.6 Å². The normalized spacial score (nSPS) is 12.8. The molecule has 60 heavy (non-hydrogen) atoms. The van der Waals surface area contributed by atoms with Gasteiger partial charge in [0.25, 0.3) is 0 Å². The Hall–Kier alpha value is -8.01. The van der Waals surface area contributed by atoms with Gasteiger partial charge in [-0.15, -0.1) is 0 Å². The molecule has 6 nitrogen and oxygen atoms in total. The van der Waals surface area contributed by atoms with Gasteiger partial charge in [-0.1, -0.05) is 78.9 Å². The van der Waals surface area contributed by atoms with Crippen molar-refractivity contribution < 1.29 is 22.0 Å². The maximum Gasteiger partial charge on any atom is 0.417 e. The highest BCUT2D eigenvalue weighted by Gasteiger charge is 2.37. The average molecular weight is 785 g/mol. The van der Waals surface area contributed by atoms with E-state index in [0.717, 1.165) is 77.5 Å². The van der Waals surface area contributed by atoms with Crippen molar-refractivity contribution in [3.05, 3.63) is 168 Å². The Morgan fingerprint density at radius 3 is 1.95 bits per heavy atom. The molecular weight excluding hydrogens is 758 g/mol. The molecule has 284 valence electrons. The smallest absolute Gasteiger partial charge is 0.417 e. The number of nitriles is 2. The molecular formula is C51H27F3N4O2. The molecule has 1 aliphatic rings. The van der Waals surface area contributed by atoms with Crippen LogP contribution in [-0.2, 0) is 19.0 Å². The van der Waals surface area contributed by atoms with Crippen LogP contribution in [0, 0.1) is 22.7 Å². The standard InChI is InChI=1S/C51H27F3N4O2/c52-51(53,54)37-15-9-10-28(26-55)46(37)36-25-40(57-38-16-5-1-11-30(38)32-20-22-44-47(49(32)57)34-13-3-7-18-42(34)59-44)29(27-56)24-41(36)58-39-17-6-2-12-31(39)33-21-23-45-48(50(33)58)35-14-4-8-19-43(35)60-45/h1-20,22,24-25H,21,23H2. The SMILES string of the molecule is N#Cc1cc(-n2c3c(c4ccccc42)CCc2oc4ccccc4c2-3)c(-c2c(C#N)cccc2C(F)(F)F)cc1-n1c2ccccc2c2ccc3oc4ccccc4c3c21. The number of aryl methyl sites for hydroxylation is 2. The molecule has 0 spiro atoms. The first-order chi connectivity index (χ1) is 29.3. The third-order valence-corrected chi connectivity index (χ3v) is 12.1. The molecule has 0 amide bonds. The number of para-hydroxylation sites is 4. The zero-order chi connectivity index (χ0) is 40.4. The average Bonchev–Trinajstić information content (AvgIpc) is 4.02. The van der Waals surface area contributed by atoms with Crippen LogP contribution in [-0.4, -0.2) is 9.13 Å². The fourth-order valence-corrected chi connectivity index (χ4v) is 9.77. The quantitative estimate of drug-likeness (QED) is 0.179. The topological polar surface area (TPSA) is 83.7 Å². The lowest BCUT2D eigenvalue weighted by Crippen LogP contribution is -2.12. The largest absolute Gasteiger partial charge is 0.460 e. The molecule has 12 rings (SSSR count). The fourth-order valence-electron chi connectivity index (χ4n) is 9.77. The summed E-state index contributed by atoms with van der Waals surface area (Å²) < 4.78 is 62.9. The second-order valence-corrected chi connectivity index (χ2v) is 15.2. The van der Waals surface area contributed by atoms with Crippen LogP contribution in [0.1, 0.15) is 28.0 Å². The zero-order valence-corrected chi connectivity index (χ0v) is 31.4. The lowest BCUT2D eigenvalue weighted by molar-refractivity contribution is -0.137. The molecule has 0 unspecified atom stereocenters. The molecule has 0 N–H and O–H groups in total. The Morgan fingerprint density at radius 2 is 1.20 bits per heavy atom. The monoisotopic (exact) mass is 784 g/mol. The number of hydrogen-bond donors (Lipinski definition) is 0. The second-order valence-electron chi connectivity index (χ2n) is 15.2. The highest BCUT2D eigenvalue weighted by atomic mass is 19.4. The van der Waals surface area contributed by atoms with Gasteiger partial charge >= 0.3 is 6.18 Å². The Morgan fingerprint density at radius 1 is 0.533 bits per heavy atom. The van der Waals surface area contributed by atoms with Crippen molar-refractivity contribution in [2.24, 2.45) is 0 Å². The number of hydrogen-bond acceptors (Lipinski definition) is 4. The van der Waals surface area contributed by atoms with E-state index < -0.39 is 11.7 Å². The zero-order valence-electron chi connectivity index (χ0n) is 31.4. The molecule has 0 bridgehead atoms. The van der Waals surface area contributed by atoms with Gasteiger partial charge in [0.05, 0.1) is 61.8 Å². The van der Waals surface area contributed by atoms with Crippen LogP contribution in [0.5, 0.6) is 0 Å². The minimum atomic E-state index is -4.83. The number of aromatic nitrogens is 2. The van der Waals surface area contributed by atoms with Gasteiger partial charge in [-0.2, -0.15) is 23.7 Å². The van der Waals surface area contributed by atoms with E-state index in [2.05, 4.69) is 12.1 Å². The lowest BCUT2D eigenvalue weighted by atomic mass is 9.90. The van der Waals surface area contributed by atoms with Crippen LogP contribution in [0.15, 0.2) is 148 Å². The number of benzene rings is 7. The molecule has 0 radical (unpaired) electrons. The molecule has 4 heterocycles. The molecule has 0 aliphatic heterocycles. The van der Waals surface area contributed by atoms with E-state index in [1.54, 1.807) is 12.1 Å². The van der Waals surface area contributed by atoms with Crippen LogP contribution in [0.4, 0.5) is 13.2 Å². The molecule has 7 aromatic carbocycles. The highest BCUT2D eigenvalue weighted by molar-refractivity contribution is 6.24. The number of furan rings is 2. The van der Waals surface area contributed by atoms with Gasteiger partial charge in [-0.3, -0.25) is 0 Å². The van der Waals surface area contributed by atoms with Crippen molar-refractivity contribution in [1.82, 2.24) is 9.13 Å². The van der Waals surface area contributed by atoms with E-state index in [0.29, 0.717) is 41.0 Å². The summed E-state index contributed by atoms with van der Waals surface area (Å²) in [6.45, 7) is 0. The van der Waals surface area contributed by atoms with Crippen molar-refractivity contribution in [2.75, 3.05) is 0 Å². The van der Waals surface area contributed by atoms with Crippen LogP contribution >= 0.6 is 0 Å². The molecule has 9 heteroatoms. The first-order valence-corrected chi connectivity index (χ1v) is 19.5. The minimum Gasteiger partial charge on any atom is -0.460 e. The fraction of sp³-hybridized carbons (Fsp3) is 0.0588. The van der Waals surface area contributed by atoms with Gasteiger partial charge in [0.15, 0.2) is 0 Å². The van der Waals surface area contributed by atoms with Crippen LogP contribution in [0.2, 0.25) is 0 Å². The molecule has 11 aromatic rings. The van der Waals surface area contributed by atoms with E-state index in [1.165, 1.54) is 12.1 Å². The van der Waals surface area contributed by atoms with Crippen molar-refractivity contribution in [3.8, 4) is 45.9 Å². The summed E-state index contributed by atoms with van der Waals surface area (Å²) in [6.07, 6.45) is -3.55. The van der Waals surface area contributed by atoms with Crippen molar-refractivity contribution >= 4 is 65.6 Å². The van der Waals surface area contributed by atoms with Crippen molar-refractivity contribution in [3.63, 3.8) is 0 Å². The summed E-state index contributed by atoms with van der Waals surface area (Å²) in [5, 5.41) is 27.1. The van der Waals surface area contributed by atoms with Crippen molar-refractivity contribution in [2.45, 2.75) is 19.0 Å². The van der Waals surface area contributed by atoms with E-state index in [4.69, 9.17) is 8.83 Å². The third kappa shape index (κ3) is 4.57. The van der Waals surface area contributed by atoms with E-state index >= 15 is 13.2 Å². The summed E-state index contributed by atoms with van der Waals surface area (Å²) in [7, 11) is 0. The predicted molar refractivity (Wildman–Crippen MR) is 227 cm³/mol. The van der Waals surface area contributed by atoms with E-state index in [1.807, 2.05) is 118 Å². The maximum atomic E-state index is 15.4. The van der Waals surface area contributed by atoms with Gasteiger partial charge in [0.1, 0.15) is 28.6 Å². The molecule has 1 aliphatic carbocycles. The Kier molecular flexibility index (Phi) is 6.96. The molecule has 4 aromatic heterocycles. The van der Waals surface area contributed by atoms with Crippen LogP contribution in [0.3, 0.4) is 0 Å². The Balaban J connectivity index is 1.29. The van der Waals surface area contributed by atoms with E-state index in [-0.39, 0.29) is 22.3 Å². The molecule has 0 fully saturated rings. The van der Waals surface area contributed by atoms with Gasteiger partial charge < -0.3 is 18.0 Å². The lowest BCUT2D eigenvalue weighted by Gasteiger charge is -2.23. The molecule has 0 atom stereocenters. The third-order valence-electron chi connectivity index (χ3n) is 12.1. The molecule has 0 saturated carbocycles. The first kappa shape index (κ1) is 34.1. The first-order valence-electron chi connectivity index (χ1n) is 19.5. The van der Waals surface area contributed by atoms with Crippen LogP contribution < -0.4 is 0 Å². The van der Waals surface area contributed by atoms with Gasteiger partial charge in [0.2, 0.25) is 0 Å². The highest BCUT2D eigenvalue weighted by Crippen LogP contribution is 2.50. The van der Waals surface area contributed by atoms with Crippen molar-refractivity contribution in [1.29, 1.82) is 10.5 Å². The number of rotatable bonds is 3. The van der Waals surface area contributed by atoms with E-state index in [9.17, 15) is 10.5 Å². The van der Waals surface area contributed by atoms with Crippen LogP contribution in [0.25, 0.3) is 99.4 Å². The summed E-state index contributed by atoms with van der Waals surface area (Å²) in [5.41, 5.74) is 6.64.